The highest BCUT2D eigenvalue weighted by Gasteiger charge is 2.28. The van der Waals surface area contributed by atoms with Crippen LogP contribution in [-0.2, 0) is 6.54 Å². The van der Waals surface area contributed by atoms with Crippen molar-refractivity contribution in [3.05, 3.63) is 33.1 Å². The molecule has 1 aromatic heterocycles. The number of aryl methyl sites for hydroxylation is 1. The molecule has 0 spiro atoms. The lowest BCUT2D eigenvalue weighted by Gasteiger charge is -2.38. The molecule has 2 heterocycles. The van der Waals surface area contributed by atoms with E-state index in [0.29, 0.717) is 23.6 Å². The molecule has 1 aromatic rings. The number of aliphatic hydroxyl groups excluding tert-OH is 1. The number of nitrogens with zero attached hydrogens (tertiary/aromatic N) is 3. The third kappa shape index (κ3) is 2.34. The Balaban J connectivity index is 2.15. The predicted molar refractivity (Wildman–Crippen MR) is 66.2 cm³/mol. The van der Waals surface area contributed by atoms with E-state index in [1.54, 1.807) is 20.0 Å². The molecule has 98 valence electrons. The van der Waals surface area contributed by atoms with Gasteiger partial charge in [0.25, 0.3) is 5.69 Å². The Labute approximate surface area is 105 Å². The molecule has 0 radical (unpaired) electrons. The van der Waals surface area contributed by atoms with Gasteiger partial charge in [0.2, 0.25) is 0 Å². The highest BCUT2D eigenvalue weighted by molar-refractivity contribution is 5.47. The Bertz CT molecular complexity index is 470. The van der Waals surface area contributed by atoms with Gasteiger partial charge in [-0.2, -0.15) is 0 Å². The van der Waals surface area contributed by atoms with Gasteiger partial charge in [-0.25, -0.2) is 0 Å². The molecule has 0 atom stereocenters. The molecule has 1 aliphatic rings. The zero-order valence-corrected chi connectivity index (χ0v) is 10.6. The Morgan fingerprint density at radius 3 is 2.78 bits per heavy atom. The topological polar surface area (TPSA) is 79.5 Å². The summed E-state index contributed by atoms with van der Waals surface area (Å²) in [6.07, 6.45) is 1.56. The molecule has 0 bridgehead atoms. The van der Waals surface area contributed by atoms with Crippen LogP contribution in [-0.4, -0.2) is 39.6 Å². The van der Waals surface area contributed by atoms with E-state index < -0.39 is 0 Å². The molecule has 0 amide bonds. The van der Waals surface area contributed by atoms with E-state index in [-0.39, 0.29) is 17.2 Å². The summed E-state index contributed by atoms with van der Waals surface area (Å²) in [6.45, 7) is 5.93. The molecule has 18 heavy (non-hydrogen) atoms. The van der Waals surface area contributed by atoms with Gasteiger partial charge in [-0.1, -0.05) is 0 Å². The summed E-state index contributed by atoms with van der Waals surface area (Å²) in [4.78, 5) is 17.1. The number of nitro groups is 1. The van der Waals surface area contributed by atoms with E-state index in [9.17, 15) is 10.1 Å². The van der Waals surface area contributed by atoms with E-state index in [1.807, 2.05) is 0 Å². The molecular formula is C12H17N3O3. The van der Waals surface area contributed by atoms with E-state index in [4.69, 9.17) is 5.11 Å². The third-order valence-electron chi connectivity index (χ3n) is 3.42. The van der Waals surface area contributed by atoms with Crippen LogP contribution < -0.4 is 0 Å². The number of rotatable bonds is 4. The van der Waals surface area contributed by atoms with Crippen LogP contribution in [0.25, 0.3) is 0 Å². The van der Waals surface area contributed by atoms with E-state index in [0.717, 1.165) is 18.8 Å². The highest BCUT2D eigenvalue weighted by Crippen LogP contribution is 2.26. The Kier molecular flexibility index (Phi) is 3.58. The van der Waals surface area contributed by atoms with Gasteiger partial charge in [-0.05, 0) is 13.8 Å². The average molecular weight is 251 g/mol. The molecule has 1 aliphatic heterocycles. The lowest BCUT2D eigenvalue weighted by Crippen LogP contribution is -2.47. The molecule has 1 fully saturated rings. The van der Waals surface area contributed by atoms with Crippen molar-refractivity contribution < 1.29 is 10.0 Å². The van der Waals surface area contributed by atoms with E-state index >= 15 is 0 Å². The molecule has 0 aromatic carbocycles. The average Bonchev–Trinajstić information content (AvgIpc) is 2.25. The molecule has 2 rings (SSSR count). The molecular weight excluding hydrogens is 234 g/mol. The van der Waals surface area contributed by atoms with Gasteiger partial charge in [0.1, 0.15) is 0 Å². The minimum atomic E-state index is -0.345. The van der Waals surface area contributed by atoms with Crippen molar-refractivity contribution in [3.63, 3.8) is 0 Å². The van der Waals surface area contributed by atoms with Crippen molar-refractivity contribution in [2.24, 2.45) is 5.92 Å². The van der Waals surface area contributed by atoms with Crippen molar-refractivity contribution in [3.8, 4) is 0 Å². The van der Waals surface area contributed by atoms with Gasteiger partial charge in [-0.3, -0.25) is 20.0 Å². The smallest absolute Gasteiger partial charge is 0.278 e. The van der Waals surface area contributed by atoms with E-state index in [2.05, 4.69) is 9.88 Å². The maximum Gasteiger partial charge on any atom is 0.278 e. The highest BCUT2D eigenvalue weighted by atomic mass is 16.6. The zero-order chi connectivity index (χ0) is 13.3. The van der Waals surface area contributed by atoms with Crippen molar-refractivity contribution in [1.29, 1.82) is 0 Å². The summed E-state index contributed by atoms with van der Waals surface area (Å²) in [5, 5.41) is 19.9. The van der Waals surface area contributed by atoms with Crippen LogP contribution in [0, 0.1) is 29.9 Å². The van der Waals surface area contributed by atoms with Crippen LogP contribution in [0.15, 0.2) is 6.20 Å². The SMILES string of the molecule is Cc1cnc(CN2CC(CO)C2)c(C)c1[N+](=O)[O-]. The summed E-state index contributed by atoms with van der Waals surface area (Å²) < 4.78 is 0. The monoisotopic (exact) mass is 251 g/mol. The molecule has 1 saturated heterocycles. The fourth-order valence-corrected chi connectivity index (χ4v) is 2.34. The largest absolute Gasteiger partial charge is 0.396 e. The van der Waals surface area contributed by atoms with Crippen LogP contribution >= 0.6 is 0 Å². The summed E-state index contributed by atoms with van der Waals surface area (Å²) >= 11 is 0. The van der Waals surface area contributed by atoms with Crippen LogP contribution in [0.2, 0.25) is 0 Å². The Morgan fingerprint density at radius 1 is 1.56 bits per heavy atom. The normalized spacial score (nSPS) is 16.6. The maximum absolute atomic E-state index is 11.0. The first-order chi connectivity index (χ1) is 8.52. The minimum absolute atomic E-state index is 0.166. The van der Waals surface area contributed by atoms with Crippen molar-refractivity contribution in [1.82, 2.24) is 9.88 Å². The summed E-state index contributed by atoms with van der Waals surface area (Å²) in [7, 11) is 0. The molecule has 0 unspecified atom stereocenters. The second-order valence-corrected chi connectivity index (χ2v) is 4.86. The fourth-order valence-electron chi connectivity index (χ4n) is 2.34. The number of aromatic nitrogens is 1. The number of pyridine rings is 1. The number of likely N-dealkylation sites (tertiary alicyclic amines) is 1. The van der Waals surface area contributed by atoms with E-state index in [1.165, 1.54) is 0 Å². The molecule has 6 nitrogen and oxygen atoms in total. The van der Waals surface area contributed by atoms with Crippen LogP contribution in [0.5, 0.6) is 0 Å². The maximum atomic E-state index is 11.0. The quantitative estimate of drug-likeness (QED) is 0.638. The Morgan fingerprint density at radius 2 is 2.22 bits per heavy atom. The number of hydrogen-bond acceptors (Lipinski definition) is 5. The third-order valence-corrected chi connectivity index (χ3v) is 3.42. The van der Waals surface area contributed by atoms with Crippen molar-refractivity contribution in [2.45, 2.75) is 20.4 Å². The minimum Gasteiger partial charge on any atom is -0.396 e. The molecule has 6 heteroatoms. The van der Waals surface area contributed by atoms with Gasteiger partial charge in [0, 0.05) is 49.5 Å². The number of hydrogen-bond donors (Lipinski definition) is 1. The van der Waals surface area contributed by atoms with Crippen LogP contribution in [0.4, 0.5) is 5.69 Å². The zero-order valence-electron chi connectivity index (χ0n) is 10.6. The van der Waals surface area contributed by atoms with Gasteiger partial charge in [0.15, 0.2) is 0 Å². The molecule has 1 N–H and O–H groups in total. The van der Waals surface area contributed by atoms with Gasteiger partial charge < -0.3 is 5.11 Å². The fraction of sp³-hybridized carbons (Fsp3) is 0.583. The predicted octanol–water partition coefficient (Wildman–Crippen LogP) is 1.03. The van der Waals surface area contributed by atoms with Gasteiger partial charge >= 0.3 is 0 Å². The summed E-state index contributed by atoms with van der Waals surface area (Å²) in [5.74, 6) is 0.339. The number of aliphatic hydroxyl groups is 1. The molecule has 0 aliphatic carbocycles. The first-order valence-corrected chi connectivity index (χ1v) is 5.95. The second kappa shape index (κ2) is 4.99. The van der Waals surface area contributed by atoms with Crippen LogP contribution in [0.1, 0.15) is 16.8 Å². The Hall–Kier alpha value is -1.53. The lowest BCUT2D eigenvalue weighted by molar-refractivity contribution is -0.386. The first-order valence-electron chi connectivity index (χ1n) is 5.95. The standard InChI is InChI=1S/C12H17N3O3/c1-8-3-13-11(9(2)12(8)15(17)18)6-14-4-10(5-14)7-16/h3,10,16H,4-7H2,1-2H3. The first kappa shape index (κ1) is 12.9. The summed E-state index contributed by atoms with van der Waals surface area (Å²) in [5.41, 5.74) is 2.16. The van der Waals surface area contributed by atoms with Gasteiger partial charge in [0.05, 0.1) is 10.6 Å². The molecule has 0 saturated carbocycles. The van der Waals surface area contributed by atoms with Crippen LogP contribution in [0.3, 0.4) is 0 Å². The second-order valence-electron chi connectivity index (χ2n) is 4.86. The summed E-state index contributed by atoms with van der Waals surface area (Å²) in [6, 6.07) is 0. The van der Waals surface area contributed by atoms with Crippen molar-refractivity contribution in [2.75, 3.05) is 19.7 Å². The van der Waals surface area contributed by atoms with Gasteiger partial charge in [-0.15, -0.1) is 0 Å². The lowest BCUT2D eigenvalue weighted by atomic mass is 10.0. The van der Waals surface area contributed by atoms with Crippen molar-refractivity contribution >= 4 is 5.69 Å².